The Labute approximate surface area is 78.2 Å². The summed E-state index contributed by atoms with van der Waals surface area (Å²) < 4.78 is 12.7. The van der Waals surface area contributed by atoms with E-state index in [4.69, 9.17) is 0 Å². The predicted molar refractivity (Wildman–Crippen MR) is 52.2 cm³/mol. The zero-order valence-electron chi connectivity index (χ0n) is 8.05. The van der Waals surface area contributed by atoms with Crippen molar-refractivity contribution in [3.63, 3.8) is 0 Å². The molecule has 3 heteroatoms. The fourth-order valence-electron chi connectivity index (χ4n) is 1.19. The molecule has 1 aromatic heterocycles. The van der Waals surface area contributed by atoms with Crippen LogP contribution in [0.5, 0.6) is 0 Å². The highest BCUT2D eigenvalue weighted by Gasteiger charge is 2.03. The Kier molecular flexibility index (Phi) is 3.68. The van der Waals surface area contributed by atoms with E-state index < -0.39 is 5.95 Å². The van der Waals surface area contributed by atoms with Gasteiger partial charge in [0.2, 0.25) is 5.95 Å². The maximum absolute atomic E-state index is 12.7. The SMILES string of the molecule is CCC(CC)Nc1cccc(F)n1. The first-order valence-corrected chi connectivity index (χ1v) is 4.65. The number of nitrogens with one attached hydrogen (secondary N) is 1. The molecule has 0 fully saturated rings. The van der Waals surface area contributed by atoms with Crippen LogP contribution in [0, 0.1) is 5.95 Å². The molecule has 1 heterocycles. The molecule has 0 spiro atoms. The quantitative estimate of drug-likeness (QED) is 0.724. The number of halogens is 1. The first-order chi connectivity index (χ1) is 6.26. The van der Waals surface area contributed by atoms with Gasteiger partial charge in [-0.3, -0.25) is 0 Å². The summed E-state index contributed by atoms with van der Waals surface area (Å²) in [5.74, 6) is 0.185. The van der Waals surface area contributed by atoms with Gasteiger partial charge in [-0.15, -0.1) is 0 Å². The highest BCUT2D eigenvalue weighted by Crippen LogP contribution is 2.08. The molecule has 0 radical (unpaired) electrons. The second-order valence-corrected chi connectivity index (χ2v) is 3.00. The third-order valence-electron chi connectivity index (χ3n) is 2.05. The Bertz CT molecular complexity index is 259. The molecule has 0 aliphatic rings. The van der Waals surface area contributed by atoms with Crippen molar-refractivity contribution in [1.82, 2.24) is 4.98 Å². The predicted octanol–water partition coefficient (Wildman–Crippen LogP) is 2.82. The monoisotopic (exact) mass is 182 g/mol. The molecule has 0 unspecified atom stereocenters. The smallest absolute Gasteiger partial charge is 0.214 e. The first-order valence-electron chi connectivity index (χ1n) is 4.65. The van der Waals surface area contributed by atoms with Gasteiger partial charge in [0.15, 0.2) is 0 Å². The van der Waals surface area contributed by atoms with Gasteiger partial charge in [-0.25, -0.2) is 4.98 Å². The molecule has 0 aromatic carbocycles. The maximum Gasteiger partial charge on any atom is 0.214 e. The van der Waals surface area contributed by atoms with Crippen LogP contribution in [0.2, 0.25) is 0 Å². The van der Waals surface area contributed by atoms with Gasteiger partial charge in [-0.2, -0.15) is 4.39 Å². The number of hydrogen-bond donors (Lipinski definition) is 1. The summed E-state index contributed by atoms with van der Waals surface area (Å²) in [4.78, 5) is 3.73. The molecule has 0 saturated heterocycles. The lowest BCUT2D eigenvalue weighted by Crippen LogP contribution is -2.17. The van der Waals surface area contributed by atoms with Crippen LogP contribution in [0.1, 0.15) is 26.7 Å². The van der Waals surface area contributed by atoms with E-state index in [1.807, 2.05) is 0 Å². The normalized spacial score (nSPS) is 10.5. The second-order valence-electron chi connectivity index (χ2n) is 3.00. The van der Waals surface area contributed by atoms with E-state index in [0.29, 0.717) is 11.9 Å². The maximum atomic E-state index is 12.7. The molecule has 1 aromatic rings. The van der Waals surface area contributed by atoms with Crippen molar-refractivity contribution in [1.29, 1.82) is 0 Å². The molecular weight excluding hydrogens is 167 g/mol. The first kappa shape index (κ1) is 9.96. The number of anilines is 1. The Morgan fingerprint density at radius 3 is 2.62 bits per heavy atom. The molecule has 1 N–H and O–H groups in total. The van der Waals surface area contributed by atoms with Crippen LogP contribution in [-0.2, 0) is 0 Å². The number of aromatic nitrogens is 1. The van der Waals surface area contributed by atoms with Crippen LogP contribution in [0.25, 0.3) is 0 Å². The lowest BCUT2D eigenvalue weighted by Gasteiger charge is -2.14. The van der Waals surface area contributed by atoms with Crippen molar-refractivity contribution in [2.45, 2.75) is 32.7 Å². The Morgan fingerprint density at radius 1 is 1.38 bits per heavy atom. The number of rotatable bonds is 4. The van der Waals surface area contributed by atoms with Crippen molar-refractivity contribution in [3.8, 4) is 0 Å². The molecule has 72 valence electrons. The van der Waals surface area contributed by atoms with Crippen molar-refractivity contribution >= 4 is 5.82 Å². The van der Waals surface area contributed by atoms with Gasteiger partial charge in [-0.05, 0) is 25.0 Å². The van der Waals surface area contributed by atoms with Crippen molar-refractivity contribution in [3.05, 3.63) is 24.1 Å². The number of pyridine rings is 1. The van der Waals surface area contributed by atoms with E-state index in [-0.39, 0.29) is 0 Å². The third-order valence-corrected chi connectivity index (χ3v) is 2.05. The highest BCUT2D eigenvalue weighted by molar-refractivity contribution is 5.34. The second kappa shape index (κ2) is 4.80. The van der Waals surface area contributed by atoms with E-state index in [2.05, 4.69) is 24.1 Å². The number of nitrogens with zero attached hydrogens (tertiary/aromatic N) is 1. The lowest BCUT2D eigenvalue weighted by atomic mass is 10.2. The Hall–Kier alpha value is -1.12. The van der Waals surface area contributed by atoms with E-state index in [9.17, 15) is 4.39 Å². The third kappa shape index (κ3) is 3.01. The lowest BCUT2D eigenvalue weighted by molar-refractivity contribution is 0.581. The largest absolute Gasteiger partial charge is 0.367 e. The van der Waals surface area contributed by atoms with Gasteiger partial charge in [-0.1, -0.05) is 19.9 Å². The minimum atomic E-state index is -0.434. The molecule has 0 atom stereocenters. The molecule has 2 nitrogen and oxygen atoms in total. The molecule has 13 heavy (non-hydrogen) atoms. The van der Waals surface area contributed by atoms with Crippen LogP contribution in [0.3, 0.4) is 0 Å². The minimum Gasteiger partial charge on any atom is -0.367 e. The molecule has 0 aliphatic carbocycles. The summed E-state index contributed by atoms with van der Waals surface area (Å²) in [6, 6.07) is 5.17. The van der Waals surface area contributed by atoms with Crippen LogP contribution < -0.4 is 5.32 Å². The summed E-state index contributed by atoms with van der Waals surface area (Å²) in [5, 5.41) is 3.17. The Balaban J connectivity index is 2.62. The zero-order chi connectivity index (χ0) is 9.68. The van der Waals surface area contributed by atoms with E-state index in [1.165, 1.54) is 6.07 Å². The topological polar surface area (TPSA) is 24.9 Å². The van der Waals surface area contributed by atoms with Gasteiger partial charge in [0, 0.05) is 6.04 Å². The fraction of sp³-hybridized carbons (Fsp3) is 0.500. The molecule has 1 rings (SSSR count). The van der Waals surface area contributed by atoms with E-state index in [0.717, 1.165) is 12.8 Å². The van der Waals surface area contributed by atoms with Crippen molar-refractivity contribution in [2.75, 3.05) is 5.32 Å². The van der Waals surface area contributed by atoms with Crippen molar-refractivity contribution < 1.29 is 4.39 Å². The average Bonchev–Trinajstić information content (AvgIpc) is 2.14. The summed E-state index contributed by atoms with van der Waals surface area (Å²) in [6.07, 6.45) is 2.05. The van der Waals surface area contributed by atoms with E-state index >= 15 is 0 Å². The van der Waals surface area contributed by atoms with Crippen LogP contribution in [0.4, 0.5) is 10.2 Å². The average molecular weight is 182 g/mol. The molecular formula is C10H15FN2. The molecule has 0 aliphatic heterocycles. The van der Waals surface area contributed by atoms with Crippen LogP contribution in [0.15, 0.2) is 18.2 Å². The molecule has 0 amide bonds. The summed E-state index contributed by atoms with van der Waals surface area (Å²) >= 11 is 0. The fourth-order valence-corrected chi connectivity index (χ4v) is 1.19. The highest BCUT2D eigenvalue weighted by atomic mass is 19.1. The summed E-state index contributed by atoms with van der Waals surface area (Å²) in [6.45, 7) is 4.20. The van der Waals surface area contributed by atoms with Gasteiger partial charge >= 0.3 is 0 Å². The van der Waals surface area contributed by atoms with Crippen LogP contribution >= 0.6 is 0 Å². The van der Waals surface area contributed by atoms with E-state index in [1.54, 1.807) is 12.1 Å². The summed E-state index contributed by atoms with van der Waals surface area (Å²) in [7, 11) is 0. The zero-order valence-corrected chi connectivity index (χ0v) is 8.05. The molecule has 0 bridgehead atoms. The standard InChI is InChI=1S/C10H15FN2/c1-3-8(4-2)12-10-7-5-6-9(11)13-10/h5-8H,3-4H2,1-2H3,(H,12,13). The molecule has 0 saturated carbocycles. The van der Waals surface area contributed by atoms with Gasteiger partial charge < -0.3 is 5.32 Å². The van der Waals surface area contributed by atoms with Gasteiger partial charge in [0.1, 0.15) is 5.82 Å². The summed E-state index contributed by atoms with van der Waals surface area (Å²) in [5.41, 5.74) is 0. The van der Waals surface area contributed by atoms with Gasteiger partial charge in [0.05, 0.1) is 0 Å². The minimum absolute atomic E-state index is 0.384. The Morgan fingerprint density at radius 2 is 2.08 bits per heavy atom. The van der Waals surface area contributed by atoms with Gasteiger partial charge in [0.25, 0.3) is 0 Å². The van der Waals surface area contributed by atoms with Crippen molar-refractivity contribution in [2.24, 2.45) is 0 Å². The van der Waals surface area contributed by atoms with Crippen LogP contribution in [-0.4, -0.2) is 11.0 Å². The number of hydrogen-bond acceptors (Lipinski definition) is 2.